The van der Waals surface area contributed by atoms with Crippen LogP contribution in [-0.2, 0) is 0 Å². The summed E-state index contributed by atoms with van der Waals surface area (Å²) in [5, 5.41) is 2.92. The maximum Gasteiger partial charge on any atom is 0.257 e. The third-order valence-corrected chi connectivity index (χ3v) is 5.11. The summed E-state index contributed by atoms with van der Waals surface area (Å²) in [4.78, 5) is 12.7. The van der Waals surface area contributed by atoms with E-state index < -0.39 is 0 Å². The Morgan fingerprint density at radius 2 is 1.83 bits per heavy atom. The molecule has 1 heterocycles. The molecule has 1 fully saturated rings. The molecule has 24 heavy (non-hydrogen) atoms. The Hall–Kier alpha value is -2.10. The van der Waals surface area contributed by atoms with Gasteiger partial charge in [-0.05, 0) is 63.4 Å². The molecule has 0 unspecified atom stereocenters. The molecule has 0 spiro atoms. The molecule has 2 aromatic rings. The molecule has 1 aliphatic rings. The number of anilines is 1. The van der Waals surface area contributed by atoms with Gasteiger partial charge in [-0.1, -0.05) is 19.3 Å². The number of benzene rings is 1. The molecule has 1 N–H and O–H groups in total. The van der Waals surface area contributed by atoms with Crippen molar-refractivity contribution in [3.63, 3.8) is 0 Å². The van der Waals surface area contributed by atoms with E-state index >= 15 is 0 Å². The molecule has 1 aromatic heterocycles. The molecular formula is C20H25FN2O. The predicted octanol–water partition coefficient (Wildman–Crippen LogP) is 5.31. The number of carbonyl (C=O) groups is 1. The zero-order valence-corrected chi connectivity index (χ0v) is 14.7. The average Bonchev–Trinajstić information content (AvgIpc) is 2.85. The summed E-state index contributed by atoms with van der Waals surface area (Å²) in [5.41, 5.74) is 4.26. The Bertz CT molecular complexity index is 757. The number of amides is 1. The molecule has 1 aromatic carbocycles. The zero-order valence-electron chi connectivity index (χ0n) is 14.7. The van der Waals surface area contributed by atoms with Gasteiger partial charge in [0.15, 0.2) is 0 Å². The monoisotopic (exact) mass is 328 g/mol. The van der Waals surface area contributed by atoms with Gasteiger partial charge in [0.05, 0.1) is 5.56 Å². The van der Waals surface area contributed by atoms with Crippen molar-refractivity contribution >= 4 is 11.6 Å². The second-order valence-corrected chi connectivity index (χ2v) is 6.86. The molecule has 0 radical (unpaired) electrons. The molecule has 0 saturated heterocycles. The van der Waals surface area contributed by atoms with E-state index in [-0.39, 0.29) is 11.7 Å². The Balaban J connectivity index is 1.85. The number of nitrogens with one attached hydrogen (secondary N) is 1. The van der Waals surface area contributed by atoms with Gasteiger partial charge < -0.3 is 9.88 Å². The van der Waals surface area contributed by atoms with Gasteiger partial charge in [-0.2, -0.15) is 0 Å². The molecule has 0 atom stereocenters. The summed E-state index contributed by atoms with van der Waals surface area (Å²) < 4.78 is 15.5. The maximum atomic E-state index is 13.2. The lowest BCUT2D eigenvalue weighted by Crippen LogP contribution is -2.17. The van der Waals surface area contributed by atoms with E-state index in [9.17, 15) is 9.18 Å². The first-order valence-corrected chi connectivity index (χ1v) is 8.73. The molecule has 0 aliphatic heterocycles. The lowest BCUT2D eigenvalue weighted by Gasteiger charge is -2.26. The van der Waals surface area contributed by atoms with Crippen molar-refractivity contribution in [1.29, 1.82) is 0 Å². The summed E-state index contributed by atoms with van der Waals surface area (Å²) in [5.74, 6) is -0.416. The largest absolute Gasteiger partial charge is 0.345 e. The molecule has 128 valence electrons. The fourth-order valence-electron chi connectivity index (χ4n) is 3.87. The quantitative estimate of drug-likeness (QED) is 0.814. The number of aromatic nitrogens is 1. The summed E-state index contributed by atoms with van der Waals surface area (Å²) in [6.07, 6.45) is 6.21. The summed E-state index contributed by atoms with van der Waals surface area (Å²) in [6, 6.07) is 6.89. The first-order valence-electron chi connectivity index (χ1n) is 8.73. The average molecular weight is 328 g/mol. The summed E-state index contributed by atoms with van der Waals surface area (Å²) in [6.45, 7) is 5.89. The van der Waals surface area contributed by atoms with E-state index in [1.807, 2.05) is 13.0 Å². The number of aryl methyl sites for hydroxylation is 2. The van der Waals surface area contributed by atoms with E-state index in [2.05, 4.69) is 16.8 Å². The number of halogens is 1. The van der Waals surface area contributed by atoms with Gasteiger partial charge in [0.2, 0.25) is 0 Å². The smallest absolute Gasteiger partial charge is 0.257 e. The van der Waals surface area contributed by atoms with Crippen LogP contribution in [-0.4, -0.2) is 10.5 Å². The number of hydrogen-bond donors (Lipinski definition) is 1. The molecule has 1 saturated carbocycles. The van der Waals surface area contributed by atoms with Gasteiger partial charge in [-0.3, -0.25) is 4.79 Å². The van der Waals surface area contributed by atoms with E-state index in [4.69, 9.17) is 0 Å². The normalized spacial score (nSPS) is 15.5. The Labute approximate surface area is 142 Å². The van der Waals surface area contributed by atoms with Crippen LogP contribution in [0.1, 0.15) is 65.5 Å². The van der Waals surface area contributed by atoms with Crippen molar-refractivity contribution in [2.24, 2.45) is 0 Å². The first-order chi connectivity index (χ1) is 11.5. The van der Waals surface area contributed by atoms with Crippen molar-refractivity contribution < 1.29 is 9.18 Å². The second-order valence-electron chi connectivity index (χ2n) is 6.86. The minimum atomic E-state index is -0.291. The van der Waals surface area contributed by atoms with E-state index in [0.717, 1.165) is 17.0 Å². The Morgan fingerprint density at radius 1 is 1.12 bits per heavy atom. The third kappa shape index (κ3) is 3.23. The minimum Gasteiger partial charge on any atom is -0.345 e. The number of carbonyl (C=O) groups excluding carboxylic acids is 1. The highest BCUT2D eigenvalue weighted by Crippen LogP contribution is 2.32. The van der Waals surface area contributed by atoms with Crippen LogP contribution in [0.25, 0.3) is 0 Å². The van der Waals surface area contributed by atoms with Gasteiger partial charge >= 0.3 is 0 Å². The van der Waals surface area contributed by atoms with Crippen LogP contribution in [0.2, 0.25) is 0 Å². The fourth-order valence-corrected chi connectivity index (χ4v) is 3.87. The van der Waals surface area contributed by atoms with Crippen LogP contribution in [0.4, 0.5) is 10.1 Å². The van der Waals surface area contributed by atoms with Crippen molar-refractivity contribution in [3.05, 3.63) is 52.6 Å². The lowest BCUT2D eigenvalue weighted by molar-refractivity contribution is 0.102. The van der Waals surface area contributed by atoms with Crippen LogP contribution < -0.4 is 5.32 Å². The minimum absolute atomic E-state index is 0.125. The van der Waals surface area contributed by atoms with Gasteiger partial charge in [-0.15, -0.1) is 0 Å². The SMILES string of the molecule is Cc1cc(F)ccc1NC(=O)c1cc(C)n(C2CCCCC2)c1C. The standard InChI is InChI=1S/C20H25FN2O/c1-13-11-16(21)9-10-19(13)22-20(24)18-12-14(2)23(15(18)3)17-7-5-4-6-8-17/h9-12,17H,4-8H2,1-3H3,(H,22,24). The van der Waals surface area contributed by atoms with Crippen molar-refractivity contribution in [1.82, 2.24) is 4.57 Å². The third-order valence-electron chi connectivity index (χ3n) is 5.11. The maximum absolute atomic E-state index is 13.2. The van der Waals surface area contributed by atoms with Crippen molar-refractivity contribution in [2.45, 2.75) is 58.9 Å². The number of rotatable bonds is 3. The summed E-state index contributed by atoms with van der Waals surface area (Å²) in [7, 11) is 0. The van der Waals surface area contributed by atoms with Crippen molar-refractivity contribution in [3.8, 4) is 0 Å². The van der Waals surface area contributed by atoms with E-state index in [0.29, 0.717) is 17.3 Å². The van der Waals surface area contributed by atoms with Crippen LogP contribution >= 0.6 is 0 Å². The van der Waals surface area contributed by atoms with E-state index in [1.54, 1.807) is 13.0 Å². The van der Waals surface area contributed by atoms with E-state index in [1.165, 1.54) is 44.2 Å². The molecule has 3 nitrogen and oxygen atoms in total. The molecule has 0 bridgehead atoms. The van der Waals surface area contributed by atoms with Gasteiger partial charge in [0.25, 0.3) is 5.91 Å². The highest BCUT2D eigenvalue weighted by Gasteiger charge is 2.22. The van der Waals surface area contributed by atoms with Crippen LogP contribution in [0, 0.1) is 26.6 Å². The zero-order chi connectivity index (χ0) is 17.3. The molecule has 1 amide bonds. The van der Waals surface area contributed by atoms with Crippen molar-refractivity contribution in [2.75, 3.05) is 5.32 Å². The number of nitrogens with zero attached hydrogens (tertiary/aromatic N) is 1. The topological polar surface area (TPSA) is 34.0 Å². The van der Waals surface area contributed by atoms with Crippen LogP contribution in [0.5, 0.6) is 0 Å². The molecule has 4 heteroatoms. The summed E-state index contributed by atoms with van der Waals surface area (Å²) >= 11 is 0. The molecule has 3 rings (SSSR count). The Kier molecular flexibility index (Phi) is 4.74. The van der Waals surface area contributed by atoms with Gasteiger partial charge in [0, 0.05) is 23.1 Å². The molecule has 1 aliphatic carbocycles. The fraction of sp³-hybridized carbons (Fsp3) is 0.450. The Morgan fingerprint density at radius 3 is 2.50 bits per heavy atom. The number of hydrogen-bond acceptors (Lipinski definition) is 1. The second kappa shape index (κ2) is 6.80. The lowest BCUT2D eigenvalue weighted by atomic mass is 9.95. The highest BCUT2D eigenvalue weighted by atomic mass is 19.1. The van der Waals surface area contributed by atoms with Crippen LogP contribution in [0.3, 0.4) is 0 Å². The van der Waals surface area contributed by atoms with Crippen LogP contribution in [0.15, 0.2) is 24.3 Å². The van der Waals surface area contributed by atoms with Gasteiger partial charge in [0.1, 0.15) is 5.82 Å². The van der Waals surface area contributed by atoms with Gasteiger partial charge in [-0.25, -0.2) is 4.39 Å². The highest BCUT2D eigenvalue weighted by molar-refractivity contribution is 6.05. The molecular weight excluding hydrogens is 303 g/mol. The predicted molar refractivity (Wildman–Crippen MR) is 95.1 cm³/mol. The first kappa shape index (κ1) is 16.7.